The highest BCUT2D eigenvalue weighted by Crippen LogP contribution is 2.26. The molecule has 2 amide bonds. The number of hydrogen-bond donors (Lipinski definition) is 3. The summed E-state index contributed by atoms with van der Waals surface area (Å²) in [6, 6.07) is 13.0. The van der Waals surface area contributed by atoms with Crippen LogP contribution in [0.15, 0.2) is 54.7 Å². The molecule has 1 aromatic carbocycles. The number of pyridine rings is 1. The number of nitrogens with two attached hydrogens (primary N) is 1. The third-order valence-electron chi connectivity index (χ3n) is 5.00. The van der Waals surface area contributed by atoms with E-state index in [0.29, 0.717) is 12.3 Å². The number of carbonyl (C=O) groups is 3. The van der Waals surface area contributed by atoms with E-state index in [4.69, 9.17) is 10.5 Å². The number of amides is 2. The topological polar surface area (TPSA) is 127 Å². The van der Waals surface area contributed by atoms with Crippen molar-refractivity contribution < 1.29 is 19.1 Å². The number of aromatic nitrogens is 1. The Morgan fingerprint density at radius 1 is 1.10 bits per heavy atom. The van der Waals surface area contributed by atoms with E-state index in [1.165, 1.54) is 0 Å². The van der Waals surface area contributed by atoms with Crippen molar-refractivity contribution in [2.45, 2.75) is 37.5 Å². The van der Waals surface area contributed by atoms with Crippen LogP contribution in [0, 0.1) is 0 Å². The van der Waals surface area contributed by atoms with Gasteiger partial charge >= 0.3 is 0 Å². The molecule has 0 aliphatic carbocycles. The van der Waals surface area contributed by atoms with Crippen LogP contribution in [0.3, 0.4) is 0 Å². The van der Waals surface area contributed by atoms with Crippen molar-refractivity contribution in [3.63, 3.8) is 0 Å². The van der Waals surface area contributed by atoms with Gasteiger partial charge in [-0.05, 0) is 24.6 Å². The Hall–Kier alpha value is -3.10. The molecule has 0 spiro atoms. The van der Waals surface area contributed by atoms with Gasteiger partial charge in [0, 0.05) is 24.7 Å². The van der Waals surface area contributed by atoms with Gasteiger partial charge in [0.25, 0.3) is 0 Å². The Morgan fingerprint density at radius 2 is 1.80 bits per heavy atom. The number of Topliss-reactive ketones (excluding diaryl/α,β-unsaturated/α-hetero) is 1. The first-order valence-corrected chi connectivity index (χ1v) is 9.82. The standard InChI is InChI=1S/C22H26N4O4/c1-22(14-30-22)19(27)13-25-21(29)18(11-15-7-3-2-4-8-15)26-20(28)17(23)12-16-9-5-6-10-24-16/h2-10,17-18H,11-14,23H2,1H3,(H,25,29)(H,26,28)/t17-,18-,22+/m0/s1. The SMILES string of the molecule is C[C@]1(C(=O)CNC(=O)[C@H](Cc2ccccc2)NC(=O)[C@@H](N)Cc2ccccn2)CO1. The summed E-state index contributed by atoms with van der Waals surface area (Å²) < 4.78 is 5.11. The Kier molecular flexibility index (Phi) is 6.91. The van der Waals surface area contributed by atoms with E-state index in [1.807, 2.05) is 36.4 Å². The van der Waals surface area contributed by atoms with Gasteiger partial charge in [-0.2, -0.15) is 0 Å². The van der Waals surface area contributed by atoms with Gasteiger partial charge in [-0.15, -0.1) is 0 Å². The molecule has 1 fully saturated rings. The number of benzene rings is 1. The van der Waals surface area contributed by atoms with Crippen LogP contribution in [-0.2, 0) is 32.0 Å². The maximum atomic E-state index is 12.7. The number of ether oxygens (including phenoxy) is 1. The fraction of sp³-hybridized carbons (Fsp3) is 0.364. The quantitative estimate of drug-likeness (QED) is 0.479. The minimum absolute atomic E-state index is 0.156. The molecule has 1 aromatic heterocycles. The van der Waals surface area contributed by atoms with E-state index in [0.717, 1.165) is 5.56 Å². The molecule has 2 heterocycles. The van der Waals surface area contributed by atoms with E-state index in [-0.39, 0.29) is 25.2 Å². The van der Waals surface area contributed by atoms with Crippen LogP contribution in [0.2, 0.25) is 0 Å². The zero-order valence-corrected chi connectivity index (χ0v) is 16.8. The van der Waals surface area contributed by atoms with Crippen LogP contribution < -0.4 is 16.4 Å². The molecule has 8 nitrogen and oxygen atoms in total. The van der Waals surface area contributed by atoms with Crippen LogP contribution in [-0.4, -0.2) is 53.4 Å². The summed E-state index contributed by atoms with van der Waals surface area (Å²) in [7, 11) is 0. The number of carbonyl (C=O) groups excluding carboxylic acids is 3. The van der Waals surface area contributed by atoms with Gasteiger partial charge in [-0.3, -0.25) is 19.4 Å². The highest BCUT2D eigenvalue weighted by molar-refractivity contribution is 5.95. The lowest BCUT2D eigenvalue weighted by molar-refractivity contribution is -0.131. The van der Waals surface area contributed by atoms with Crippen LogP contribution in [0.4, 0.5) is 0 Å². The number of epoxide rings is 1. The maximum absolute atomic E-state index is 12.7. The summed E-state index contributed by atoms with van der Waals surface area (Å²) in [6.07, 6.45) is 2.16. The summed E-state index contributed by atoms with van der Waals surface area (Å²) in [4.78, 5) is 41.6. The van der Waals surface area contributed by atoms with Gasteiger partial charge < -0.3 is 21.1 Å². The first-order chi connectivity index (χ1) is 14.4. The smallest absolute Gasteiger partial charge is 0.243 e. The molecule has 1 aliphatic heterocycles. The lowest BCUT2D eigenvalue weighted by atomic mass is 10.0. The fourth-order valence-electron chi connectivity index (χ4n) is 2.92. The molecule has 3 atom stereocenters. The third-order valence-corrected chi connectivity index (χ3v) is 5.00. The zero-order chi connectivity index (χ0) is 21.6. The summed E-state index contributed by atoms with van der Waals surface area (Å²) in [5, 5.41) is 5.32. The minimum Gasteiger partial charge on any atom is -0.362 e. The second-order valence-electron chi connectivity index (χ2n) is 7.54. The molecule has 8 heteroatoms. The minimum atomic E-state index is -0.865. The number of rotatable bonds is 10. The van der Waals surface area contributed by atoms with Gasteiger partial charge in [0.1, 0.15) is 11.6 Å². The molecular weight excluding hydrogens is 384 g/mol. The molecule has 1 aliphatic rings. The molecule has 0 radical (unpaired) electrons. The number of hydrogen-bond acceptors (Lipinski definition) is 6. The average molecular weight is 410 g/mol. The normalized spacial score (nSPS) is 19.4. The van der Waals surface area contributed by atoms with E-state index >= 15 is 0 Å². The van der Waals surface area contributed by atoms with Crippen molar-refractivity contribution in [3.8, 4) is 0 Å². The van der Waals surface area contributed by atoms with Gasteiger partial charge in [-0.25, -0.2) is 0 Å². The lowest BCUT2D eigenvalue weighted by Gasteiger charge is -2.21. The van der Waals surface area contributed by atoms with Crippen LogP contribution in [0.1, 0.15) is 18.2 Å². The van der Waals surface area contributed by atoms with E-state index < -0.39 is 29.5 Å². The van der Waals surface area contributed by atoms with Crippen molar-refractivity contribution in [3.05, 3.63) is 66.0 Å². The van der Waals surface area contributed by atoms with Gasteiger partial charge in [0.2, 0.25) is 11.8 Å². The molecule has 158 valence electrons. The van der Waals surface area contributed by atoms with E-state index in [2.05, 4.69) is 15.6 Å². The lowest BCUT2D eigenvalue weighted by Crippen LogP contribution is -2.54. The zero-order valence-electron chi connectivity index (χ0n) is 16.8. The summed E-state index contributed by atoms with van der Waals surface area (Å²) in [5.74, 6) is -1.11. The molecule has 30 heavy (non-hydrogen) atoms. The number of nitrogens with zero attached hydrogens (tertiary/aromatic N) is 1. The Bertz CT molecular complexity index is 885. The first kappa shape index (κ1) is 21.6. The van der Waals surface area contributed by atoms with Crippen LogP contribution >= 0.6 is 0 Å². The van der Waals surface area contributed by atoms with Crippen molar-refractivity contribution in [2.75, 3.05) is 13.2 Å². The molecule has 0 saturated carbocycles. The predicted molar refractivity (Wildman–Crippen MR) is 110 cm³/mol. The first-order valence-electron chi connectivity index (χ1n) is 9.82. The van der Waals surface area contributed by atoms with Gasteiger partial charge in [0.05, 0.1) is 19.2 Å². The van der Waals surface area contributed by atoms with Gasteiger partial charge in [0.15, 0.2) is 5.78 Å². The molecule has 2 aromatic rings. The Balaban J connectivity index is 1.63. The van der Waals surface area contributed by atoms with Gasteiger partial charge in [-0.1, -0.05) is 36.4 Å². The number of nitrogens with one attached hydrogen (secondary N) is 2. The monoisotopic (exact) mass is 410 g/mol. The van der Waals surface area contributed by atoms with Crippen molar-refractivity contribution in [1.82, 2.24) is 15.6 Å². The van der Waals surface area contributed by atoms with E-state index in [1.54, 1.807) is 25.3 Å². The number of ketones is 1. The predicted octanol–water partition coefficient (Wildman–Crippen LogP) is 0.153. The highest BCUT2D eigenvalue weighted by atomic mass is 16.6. The van der Waals surface area contributed by atoms with Crippen LogP contribution in [0.5, 0.6) is 0 Å². The summed E-state index contributed by atoms with van der Waals surface area (Å²) >= 11 is 0. The largest absolute Gasteiger partial charge is 0.362 e. The molecule has 3 rings (SSSR count). The third kappa shape index (κ3) is 5.95. The van der Waals surface area contributed by atoms with Crippen LogP contribution in [0.25, 0.3) is 0 Å². The Labute approximate surface area is 175 Å². The molecule has 0 unspecified atom stereocenters. The molecule has 4 N–H and O–H groups in total. The average Bonchev–Trinajstić information content (AvgIpc) is 3.51. The highest BCUT2D eigenvalue weighted by Gasteiger charge is 2.46. The summed E-state index contributed by atoms with van der Waals surface area (Å²) in [6.45, 7) is 1.88. The Morgan fingerprint density at radius 3 is 2.43 bits per heavy atom. The fourth-order valence-corrected chi connectivity index (χ4v) is 2.92. The van der Waals surface area contributed by atoms with Crippen molar-refractivity contribution >= 4 is 17.6 Å². The second kappa shape index (κ2) is 9.60. The molecular formula is C22H26N4O4. The second-order valence-corrected chi connectivity index (χ2v) is 7.54. The molecule has 0 bridgehead atoms. The van der Waals surface area contributed by atoms with E-state index in [9.17, 15) is 14.4 Å². The maximum Gasteiger partial charge on any atom is 0.243 e. The summed E-state index contributed by atoms with van der Waals surface area (Å²) in [5.41, 5.74) is 6.78. The van der Waals surface area contributed by atoms with Crippen molar-refractivity contribution in [2.24, 2.45) is 5.73 Å². The molecule has 1 saturated heterocycles. The van der Waals surface area contributed by atoms with Crippen molar-refractivity contribution in [1.29, 1.82) is 0 Å².